The average molecular weight is 457 g/mol. The van der Waals surface area contributed by atoms with Gasteiger partial charge in [0, 0.05) is 24.2 Å². The summed E-state index contributed by atoms with van der Waals surface area (Å²) in [5.74, 6) is -0.642. The number of anilines is 1. The van der Waals surface area contributed by atoms with E-state index in [4.69, 9.17) is 26.2 Å². The lowest BCUT2D eigenvalue weighted by Crippen LogP contribution is -2.21. The Morgan fingerprint density at radius 1 is 1.19 bits per heavy atom. The van der Waals surface area contributed by atoms with Crippen molar-refractivity contribution < 1.29 is 19.4 Å². The summed E-state index contributed by atoms with van der Waals surface area (Å²) in [7, 11) is 0. The summed E-state index contributed by atoms with van der Waals surface area (Å²) in [4.78, 5) is 26.0. The van der Waals surface area contributed by atoms with Gasteiger partial charge in [-0.2, -0.15) is 0 Å². The molecule has 1 heterocycles. The van der Waals surface area contributed by atoms with Gasteiger partial charge < -0.3 is 24.5 Å². The number of carbonyl (C=O) groups excluding carboxylic acids is 1. The van der Waals surface area contributed by atoms with Crippen molar-refractivity contribution in [2.75, 3.05) is 31.7 Å². The number of ether oxygens (including phenoxy) is 2. The first-order valence-corrected chi connectivity index (χ1v) is 11.0. The van der Waals surface area contributed by atoms with Gasteiger partial charge in [-0.3, -0.25) is 4.79 Å². The third kappa shape index (κ3) is 5.12. The van der Waals surface area contributed by atoms with Crippen molar-refractivity contribution in [2.24, 2.45) is 0 Å². The van der Waals surface area contributed by atoms with Gasteiger partial charge in [0.1, 0.15) is 12.2 Å². The Balaban J connectivity index is 1.63. The summed E-state index contributed by atoms with van der Waals surface area (Å²) >= 11 is 6.46. The molecule has 2 N–H and O–H groups in total. The van der Waals surface area contributed by atoms with E-state index in [1.165, 1.54) is 0 Å². The van der Waals surface area contributed by atoms with Crippen LogP contribution in [0.15, 0.2) is 53.5 Å². The first-order valence-electron chi connectivity index (χ1n) is 10.6. The number of aliphatic hydroxyl groups is 1. The molecule has 2 aromatic carbocycles. The molecule has 0 unspecified atom stereocenters. The van der Waals surface area contributed by atoms with E-state index in [2.05, 4.69) is 5.32 Å². The Hall–Kier alpha value is -2.87. The summed E-state index contributed by atoms with van der Waals surface area (Å²) in [5.41, 5.74) is 1.77. The molecule has 0 spiro atoms. The molecule has 8 heteroatoms. The van der Waals surface area contributed by atoms with Gasteiger partial charge in [-0.25, -0.2) is 4.79 Å². The minimum Gasteiger partial charge on any atom is -0.457 e. The number of nitrogens with zero attached hydrogens (tertiary/aromatic N) is 1. The standard InChI is InChI=1S/C24H25ClN2O5/c25-20-13-22-18(12-21(20)26-8-10-31-11-9-28)23(29)19(14-27(22)17-6-7-17)24(30)32-15-16-4-2-1-3-5-16/h1-5,12-14,17,26,28H,6-11,15H2. The molecule has 0 atom stereocenters. The quantitative estimate of drug-likeness (QED) is 0.356. The van der Waals surface area contributed by atoms with Gasteiger partial charge in [-0.1, -0.05) is 41.9 Å². The van der Waals surface area contributed by atoms with E-state index < -0.39 is 5.97 Å². The van der Waals surface area contributed by atoms with Gasteiger partial charge in [0.15, 0.2) is 0 Å². The van der Waals surface area contributed by atoms with Crippen molar-refractivity contribution >= 4 is 34.2 Å². The lowest BCUT2D eigenvalue weighted by molar-refractivity contribution is 0.0470. The smallest absolute Gasteiger partial charge is 0.343 e. The Morgan fingerprint density at radius 3 is 2.69 bits per heavy atom. The van der Waals surface area contributed by atoms with E-state index >= 15 is 0 Å². The molecule has 0 amide bonds. The molecule has 168 valence electrons. The lowest BCUT2D eigenvalue weighted by Gasteiger charge is -2.15. The maximum absolute atomic E-state index is 13.2. The summed E-state index contributed by atoms with van der Waals surface area (Å²) in [6.07, 6.45) is 3.56. The average Bonchev–Trinajstić information content (AvgIpc) is 3.64. The second-order valence-corrected chi connectivity index (χ2v) is 8.09. The fraction of sp³-hybridized carbons (Fsp3) is 0.333. The number of fused-ring (bicyclic) bond motifs is 1. The molecular weight excluding hydrogens is 432 g/mol. The first-order chi connectivity index (χ1) is 15.6. The first kappa shape index (κ1) is 22.3. The van der Waals surface area contributed by atoms with Gasteiger partial charge in [-0.05, 0) is 30.5 Å². The second-order valence-electron chi connectivity index (χ2n) is 7.68. The molecule has 0 aliphatic heterocycles. The van der Waals surface area contributed by atoms with E-state index in [1.54, 1.807) is 18.3 Å². The van der Waals surface area contributed by atoms with Gasteiger partial charge in [0.25, 0.3) is 0 Å². The number of pyridine rings is 1. The second kappa shape index (κ2) is 10.2. The molecule has 32 heavy (non-hydrogen) atoms. The molecule has 1 aliphatic rings. The highest BCUT2D eigenvalue weighted by molar-refractivity contribution is 6.34. The number of aromatic nitrogens is 1. The van der Waals surface area contributed by atoms with Gasteiger partial charge in [0.05, 0.1) is 36.0 Å². The predicted molar refractivity (Wildman–Crippen MR) is 123 cm³/mol. The molecule has 1 aromatic heterocycles. The van der Waals surface area contributed by atoms with Crippen LogP contribution in [-0.2, 0) is 16.1 Å². The Labute approximate surface area is 190 Å². The molecule has 7 nitrogen and oxygen atoms in total. The Morgan fingerprint density at radius 2 is 1.97 bits per heavy atom. The predicted octanol–water partition coefficient (Wildman–Crippen LogP) is 3.77. The summed E-state index contributed by atoms with van der Waals surface area (Å²) in [5, 5.41) is 12.8. The van der Waals surface area contributed by atoms with E-state index in [-0.39, 0.29) is 36.9 Å². The third-order valence-corrected chi connectivity index (χ3v) is 5.60. The molecule has 0 saturated heterocycles. The Bertz CT molecular complexity index is 1160. The zero-order valence-electron chi connectivity index (χ0n) is 17.6. The molecule has 1 saturated carbocycles. The van der Waals surface area contributed by atoms with E-state index in [9.17, 15) is 9.59 Å². The van der Waals surface area contributed by atoms with Crippen LogP contribution in [0, 0.1) is 0 Å². The van der Waals surface area contributed by atoms with Gasteiger partial charge in [-0.15, -0.1) is 0 Å². The van der Waals surface area contributed by atoms with E-state index in [0.717, 1.165) is 18.4 Å². The van der Waals surface area contributed by atoms with Crippen molar-refractivity contribution in [2.45, 2.75) is 25.5 Å². The maximum atomic E-state index is 13.2. The zero-order valence-corrected chi connectivity index (χ0v) is 18.3. The van der Waals surface area contributed by atoms with Crippen LogP contribution in [0.4, 0.5) is 5.69 Å². The fourth-order valence-corrected chi connectivity index (χ4v) is 3.76. The molecular formula is C24H25ClN2O5. The third-order valence-electron chi connectivity index (χ3n) is 5.29. The van der Waals surface area contributed by atoms with E-state index in [1.807, 2.05) is 34.9 Å². The van der Waals surface area contributed by atoms with Crippen LogP contribution in [-0.4, -0.2) is 42.0 Å². The fourth-order valence-electron chi connectivity index (χ4n) is 3.53. The number of carbonyl (C=O) groups is 1. The zero-order chi connectivity index (χ0) is 22.5. The number of hydrogen-bond donors (Lipinski definition) is 2. The van der Waals surface area contributed by atoms with Crippen LogP contribution in [0.3, 0.4) is 0 Å². The largest absolute Gasteiger partial charge is 0.457 e. The number of hydrogen-bond acceptors (Lipinski definition) is 6. The molecule has 0 bridgehead atoms. The number of nitrogens with one attached hydrogen (secondary N) is 1. The van der Waals surface area contributed by atoms with Gasteiger partial charge in [0.2, 0.25) is 5.43 Å². The molecule has 0 radical (unpaired) electrons. The van der Waals surface area contributed by atoms with Gasteiger partial charge >= 0.3 is 5.97 Å². The molecule has 1 aliphatic carbocycles. The van der Waals surface area contributed by atoms with Crippen molar-refractivity contribution in [1.29, 1.82) is 0 Å². The van der Waals surface area contributed by atoms with Crippen molar-refractivity contribution in [3.8, 4) is 0 Å². The lowest BCUT2D eigenvalue weighted by atomic mass is 10.1. The molecule has 1 fully saturated rings. The summed E-state index contributed by atoms with van der Waals surface area (Å²) < 4.78 is 12.6. The van der Waals surface area contributed by atoms with Crippen molar-refractivity contribution in [1.82, 2.24) is 4.57 Å². The van der Waals surface area contributed by atoms with Crippen molar-refractivity contribution in [3.63, 3.8) is 0 Å². The maximum Gasteiger partial charge on any atom is 0.343 e. The highest BCUT2D eigenvalue weighted by Gasteiger charge is 2.27. The molecule has 3 aromatic rings. The minimum absolute atomic E-state index is 0.0138. The van der Waals surface area contributed by atoms with Crippen LogP contribution < -0.4 is 10.7 Å². The number of benzene rings is 2. The monoisotopic (exact) mass is 456 g/mol. The van der Waals surface area contributed by atoms with Crippen LogP contribution >= 0.6 is 11.6 Å². The normalized spacial score (nSPS) is 13.3. The highest BCUT2D eigenvalue weighted by Crippen LogP contribution is 2.38. The van der Waals surface area contributed by atoms with Crippen LogP contribution in [0.2, 0.25) is 5.02 Å². The number of esters is 1. The van der Waals surface area contributed by atoms with Crippen LogP contribution in [0.25, 0.3) is 10.9 Å². The number of aliphatic hydroxyl groups excluding tert-OH is 1. The minimum atomic E-state index is -0.642. The van der Waals surface area contributed by atoms with Crippen LogP contribution in [0.5, 0.6) is 0 Å². The Kier molecular flexibility index (Phi) is 7.09. The van der Waals surface area contributed by atoms with Crippen molar-refractivity contribution in [3.05, 3.63) is 75.0 Å². The highest BCUT2D eigenvalue weighted by atomic mass is 35.5. The topological polar surface area (TPSA) is 89.8 Å². The molecule has 4 rings (SSSR count). The van der Waals surface area contributed by atoms with Crippen LogP contribution in [0.1, 0.15) is 34.8 Å². The van der Waals surface area contributed by atoms with E-state index in [0.29, 0.717) is 34.8 Å². The number of rotatable bonds is 10. The SMILES string of the molecule is O=C(OCc1ccccc1)c1cn(C2CC2)c2cc(Cl)c(NCCOCCO)cc2c1=O. The summed E-state index contributed by atoms with van der Waals surface area (Å²) in [6.45, 7) is 1.16. The summed E-state index contributed by atoms with van der Waals surface area (Å²) in [6, 6.07) is 13.0. The number of halogens is 1.